The molecule has 1 aromatic rings. The highest BCUT2D eigenvalue weighted by molar-refractivity contribution is 5.95. The number of carbonyl (C=O) groups excluding carboxylic acids is 1. The van der Waals surface area contributed by atoms with Crippen molar-refractivity contribution in [2.24, 2.45) is 5.73 Å². The Bertz CT molecular complexity index is 574. The molecule has 2 atom stereocenters. The zero-order valence-electron chi connectivity index (χ0n) is 12.8. The number of nitrogens with zero attached hydrogens (tertiary/aromatic N) is 2. The van der Waals surface area contributed by atoms with Crippen LogP contribution in [0.3, 0.4) is 0 Å². The first-order valence-electron chi connectivity index (χ1n) is 7.34. The minimum atomic E-state index is -0.547. The van der Waals surface area contributed by atoms with Gasteiger partial charge in [-0.25, -0.2) is 0 Å². The number of methoxy groups -OCH3 is 1. The van der Waals surface area contributed by atoms with Crippen LogP contribution < -0.4 is 10.5 Å². The number of nitro benzene ring substituents is 1. The van der Waals surface area contributed by atoms with E-state index in [0.29, 0.717) is 12.1 Å². The van der Waals surface area contributed by atoms with Crippen LogP contribution in [0.2, 0.25) is 0 Å². The van der Waals surface area contributed by atoms with Crippen molar-refractivity contribution in [2.75, 3.05) is 13.7 Å². The van der Waals surface area contributed by atoms with E-state index in [1.54, 1.807) is 11.0 Å². The highest BCUT2D eigenvalue weighted by Crippen LogP contribution is 2.29. The molecule has 2 rings (SSSR count). The Morgan fingerprint density at radius 3 is 2.82 bits per heavy atom. The summed E-state index contributed by atoms with van der Waals surface area (Å²) < 4.78 is 4.96. The lowest BCUT2D eigenvalue weighted by atomic mass is 9.96. The Morgan fingerprint density at radius 1 is 1.50 bits per heavy atom. The molecule has 7 heteroatoms. The van der Waals surface area contributed by atoms with Crippen molar-refractivity contribution in [1.29, 1.82) is 0 Å². The molecule has 2 N–H and O–H groups in total. The molecule has 0 aliphatic carbocycles. The molecular formula is C15H21N3O4. The minimum Gasteiger partial charge on any atom is -0.490 e. The van der Waals surface area contributed by atoms with Crippen molar-refractivity contribution in [3.63, 3.8) is 0 Å². The summed E-state index contributed by atoms with van der Waals surface area (Å²) in [5.74, 6) is -0.0725. The van der Waals surface area contributed by atoms with E-state index in [0.717, 1.165) is 19.3 Å². The van der Waals surface area contributed by atoms with E-state index in [-0.39, 0.29) is 29.4 Å². The van der Waals surface area contributed by atoms with Crippen molar-refractivity contribution in [3.05, 3.63) is 33.9 Å². The van der Waals surface area contributed by atoms with Gasteiger partial charge in [0, 0.05) is 30.3 Å². The van der Waals surface area contributed by atoms with E-state index in [1.807, 2.05) is 6.92 Å². The zero-order valence-corrected chi connectivity index (χ0v) is 12.8. The first-order valence-corrected chi connectivity index (χ1v) is 7.34. The summed E-state index contributed by atoms with van der Waals surface area (Å²) in [5, 5.41) is 11.1. The van der Waals surface area contributed by atoms with Gasteiger partial charge in [-0.05, 0) is 38.3 Å². The molecule has 1 aliphatic heterocycles. The third-order valence-corrected chi connectivity index (χ3v) is 4.04. The number of hydrogen-bond donors (Lipinski definition) is 1. The maximum atomic E-state index is 12.7. The fourth-order valence-electron chi connectivity index (χ4n) is 2.89. The van der Waals surface area contributed by atoms with Crippen LogP contribution in [-0.4, -0.2) is 41.5 Å². The van der Waals surface area contributed by atoms with Gasteiger partial charge < -0.3 is 15.4 Å². The number of ether oxygens (including phenoxy) is 1. The van der Waals surface area contributed by atoms with Crippen LogP contribution >= 0.6 is 0 Å². The Balaban J connectivity index is 2.32. The second-order valence-electron chi connectivity index (χ2n) is 5.56. The normalized spacial score (nSPS) is 19.6. The monoisotopic (exact) mass is 307 g/mol. The van der Waals surface area contributed by atoms with Crippen LogP contribution in [0.25, 0.3) is 0 Å². The van der Waals surface area contributed by atoms with Crippen molar-refractivity contribution in [1.82, 2.24) is 4.90 Å². The van der Waals surface area contributed by atoms with E-state index in [1.165, 1.54) is 19.2 Å². The second kappa shape index (κ2) is 6.74. The van der Waals surface area contributed by atoms with Crippen molar-refractivity contribution in [3.8, 4) is 5.75 Å². The summed E-state index contributed by atoms with van der Waals surface area (Å²) in [6.07, 6.45) is 2.83. The molecule has 0 spiro atoms. The third kappa shape index (κ3) is 3.19. The van der Waals surface area contributed by atoms with Gasteiger partial charge in [0.05, 0.1) is 12.0 Å². The molecule has 1 amide bonds. The van der Waals surface area contributed by atoms with Gasteiger partial charge in [0.1, 0.15) is 0 Å². The van der Waals surface area contributed by atoms with E-state index < -0.39 is 4.92 Å². The SMILES string of the molecule is COc1ccc(C(=O)N2CCCCC2C(C)N)cc1[N+](=O)[O-]. The Labute approximate surface area is 129 Å². The van der Waals surface area contributed by atoms with Gasteiger partial charge in [0.25, 0.3) is 5.91 Å². The number of nitro groups is 1. The topological polar surface area (TPSA) is 98.7 Å². The average molecular weight is 307 g/mol. The van der Waals surface area contributed by atoms with Gasteiger partial charge in [-0.15, -0.1) is 0 Å². The first kappa shape index (κ1) is 16.2. The highest BCUT2D eigenvalue weighted by atomic mass is 16.6. The number of amides is 1. The van der Waals surface area contributed by atoms with Gasteiger partial charge >= 0.3 is 5.69 Å². The van der Waals surface area contributed by atoms with Gasteiger partial charge in [0.2, 0.25) is 0 Å². The van der Waals surface area contributed by atoms with Crippen LogP contribution in [0.5, 0.6) is 5.75 Å². The molecular weight excluding hydrogens is 286 g/mol. The molecule has 1 saturated heterocycles. The maximum absolute atomic E-state index is 12.7. The Hall–Kier alpha value is -2.15. The molecule has 22 heavy (non-hydrogen) atoms. The molecule has 0 saturated carbocycles. The summed E-state index contributed by atoms with van der Waals surface area (Å²) in [6.45, 7) is 2.51. The van der Waals surface area contributed by atoms with Gasteiger partial charge in [-0.3, -0.25) is 14.9 Å². The molecule has 1 fully saturated rings. The number of carbonyl (C=O) groups is 1. The van der Waals surface area contributed by atoms with Crippen LogP contribution in [-0.2, 0) is 0 Å². The van der Waals surface area contributed by atoms with E-state index in [4.69, 9.17) is 10.5 Å². The summed E-state index contributed by atoms with van der Waals surface area (Å²) in [5.41, 5.74) is 6.06. The average Bonchev–Trinajstić information content (AvgIpc) is 2.53. The molecule has 120 valence electrons. The van der Waals surface area contributed by atoms with Crippen molar-refractivity contribution < 1.29 is 14.5 Å². The first-order chi connectivity index (χ1) is 10.5. The Kier molecular flexibility index (Phi) is 4.97. The summed E-state index contributed by atoms with van der Waals surface area (Å²) in [6, 6.07) is 4.13. The smallest absolute Gasteiger partial charge is 0.311 e. The second-order valence-corrected chi connectivity index (χ2v) is 5.56. The standard InChI is InChI=1S/C15H21N3O4/c1-10(16)12-5-3-4-8-17(12)15(19)11-6-7-14(22-2)13(9-11)18(20)21/h6-7,9-10,12H,3-5,8,16H2,1-2H3. The number of nitrogens with two attached hydrogens (primary N) is 1. The highest BCUT2D eigenvalue weighted by Gasteiger charge is 2.30. The van der Waals surface area contributed by atoms with E-state index in [2.05, 4.69) is 0 Å². The van der Waals surface area contributed by atoms with Gasteiger partial charge in [-0.1, -0.05) is 0 Å². The lowest BCUT2D eigenvalue weighted by Crippen LogP contribution is -2.51. The molecule has 1 aliphatic rings. The molecule has 0 aromatic heterocycles. The Morgan fingerprint density at radius 2 is 2.23 bits per heavy atom. The van der Waals surface area contributed by atoms with E-state index in [9.17, 15) is 14.9 Å². The lowest BCUT2D eigenvalue weighted by Gasteiger charge is -2.38. The predicted molar refractivity (Wildman–Crippen MR) is 82.0 cm³/mol. The predicted octanol–water partition coefficient (Wildman–Crippen LogP) is 1.95. The number of likely N-dealkylation sites (tertiary alicyclic amines) is 1. The number of piperidine rings is 1. The van der Waals surface area contributed by atoms with E-state index >= 15 is 0 Å². The van der Waals surface area contributed by atoms with Gasteiger partial charge in [0.15, 0.2) is 5.75 Å². The van der Waals surface area contributed by atoms with Crippen LogP contribution in [0.15, 0.2) is 18.2 Å². The molecule has 7 nitrogen and oxygen atoms in total. The number of benzene rings is 1. The number of rotatable bonds is 4. The largest absolute Gasteiger partial charge is 0.490 e. The lowest BCUT2D eigenvalue weighted by molar-refractivity contribution is -0.385. The van der Waals surface area contributed by atoms with Crippen LogP contribution in [0.4, 0.5) is 5.69 Å². The summed E-state index contributed by atoms with van der Waals surface area (Å²) in [4.78, 5) is 25.0. The molecule has 2 unspecified atom stereocenters. The van der Waals surface area contributed by atoms with Crippen LogP contribution in [0, 0.1) is 10.1 Å². The summed E-state index contributed by atoms with van der Waals surface area (Å²) >= 11 is 0. The third-order valence-electron chi connectivity index (χ3n) is 4.04. The molecule has 0 bridgehead atoms. The zero-order chi connectivity index (χ0) is 16.3. The fourth-order valence-corrected chi connectivity index (χ4v) is 2.89. The maximum Gasteiger partial charge on any atom is 0.311 e. The van der Waals surface area contributed by atoms with Crippen molar-refractivity contribution in [2.45, 2.75) is 38.3 Å². The van der Waals surface area contributed by atoms with Gasteiger partial charge in [-0.2, -0.15) is 0 Å². The number of hydrogen-bond acceptors (Lipinski definition) is 5. The molecule has 1 heterocycles. The van der Waals surface area contributed by atoms with Crippen molar-refractivity contribution >= 4 is 11.6 Å². The van der Waals surface area contributed by atoms with Crippen LogP contribution in [0.1, 0.15) is 36.5 Å². The quantitative estimate of drug-likeness (QED) is 0.677. The minimum absolute atomic E-state index is 0.0255. The molecule has 0 radical (unpaired) electrons. The fraction of sp³-hybridized carbons (Fsp3) is 0.533. The summed E-state index contributed by atoms with van der Waals surface area (Å²) in [7, 11) is 1.36. The molecule has 1 aromatic carbocycles.